The topological polar surface area (TPSA) is 66.6 Å². The van der Waals surface area contributed by atoms with Gasteiger partial charge in [-0.15, -0.1) is 0 Å². The summed E-state index contributed by atoms with van der Waals surface area (Å²) in [7, 11) is 0. The lowest BCUT2D eigenvalue weighted by atomic mass is 10.3. The molecule has 1 unspecified atom stereocenters. The zero-order valence-electron chi connectivity index (χ0n) is 8.86. The molecule has 0 aliphatic carbocycles. The van der Waals surface area contributed by atoms with E-state index < -0.39 is 0 Å². The summed E-state index contributed by atoms with van der Waals surface area (Å²) in [5, 5.41) is 0. The summed E-state index contributed by atoms with van der Waals surface area (Å²) < 4.78 is 0. The minimum absolute atomic E-state index is 0.0831. The van der Waals surface area contributed by atoms with Crippen molar-refractivity contribution in [2.75, 3.05) is 13.1 Å². The molecule has 0 saturated carbocycles. The zero-order chi connectivity index (χ0) is 10.9. The van der Waals surface area contributed by atoms with E-state index in [0.717, 1.165) is 0 Å². The first-order valence-corrected chi connectivity index (χ1v) is 4.84. The Balaban J connectivity index is 2.85. The molecule has 1 aliphatic heterocycles. The van der Waals surface area contributed by atoms with Gasteiger partial charge in [-0.3, -0.25) is 9.69 Å². The third kappa shape index (κ3) is 1.59. The molecule has 1 rings (SSSR count). The number of urea groups is 1. The van der Waals surface area contributed by atoms with Gasteiger partial charge < -0.3 is 10.6 Å². The van der Waals surface area contributed by atoms with E-state index in [1.54, 1.807) is 6.92 Å². The first kappa shape index (κ1) is 11.0. The van der Waals surface area contributed by atoms with Crippen molar-refractivity contribution in [1.29, 1.82) is 0 Å². The third-order valence-corrected chi connectivity index (χ3v) is 2.40. The van der Waals surface area contributed by atoms with Crippen molar-refractivity contribution in [1.82, 2.24) is 9.80 Å². The molecule has 1 saturated heterocycles. The van der Waals surface area contributed by atoms with E-state index >= 15 is 0 Å². The number of hydrogen-bond acceptors (Lipinski definition) is 3. The Kier molecular flexibility index (Phi) is 3.10. The van der Waals surface area contributed by atoms with Crippen LogP contribution in [0.3, 0.4) is 0 Å². The van der Waals surface area contributed by atoms with Crippen molar-refractivity contribution in [3.05, 3.63) is 0 Å². The summed E-state index contributed by atoms with van der Waals surface area (Å²) >= 11 is 0. The van der Waals surface area contributed by atoms with Gasteiger partial charge in [0.1, 0.15) is 6.04 Å². The van der Waals surface area contributed by atoms with E-state index in [1.807, 2.05) is 13.8 Å². The van der Waals surface area contributed by atoms with Crippen LogP contribution in [0.5, 0.6) is 0 Å². The summed E-state index contributed by atoms with van der Waals surface area (Å²) in [6.45, 7) is 6.21. The fraction of sp³-hybridized carbons (Fsp3) is 0.778. The predicted octanol–water partition coefficient (Wildman–Crippen LogP) is 0.00620. The lowest BCUT2D eigenvalue weighted by Crippen LogP contribution is -2.39. The smallest absolute Gasteiger partial charge is 0.327 e. The van der Waals surface area contributed by atoms with Crippen molar-refractivity contribution in [2.45, 2.75) is 32.9 Å². The molecule has 1 heterocycles. The number of imide groups is 1. The number of amides is 3. The van der Waals surface area contributed by atoms with E-state index in [1.165, 1.54) is 9.80 Å². The Morgan fingerprint density at radius 1 is 1.43 bits per heavy atom. The minimum atomic E-state index is -0.367. The quantitative estimate of drug-likeness (QED) is 0.651. The van der Waals surface area contributed by atoms with Gasteiger partial charge in [-0.25, -0.2) is 4.79 Å². The Morgan fingerprint density at radius 3 is 2.36 bits per heavy atom. The van der Waals surface area contributed by atoms with Crippen LogP contribution in [0.1, 0.15) is 20.8 Å². The van der Waals surface area contributed by atoms with E-state index in [4.69, 9.17) is 5.73 Å². The molecular weight excluding hydrogens is 182 g/mol. The predicted molar refractivity (Wildman–Crippen MR) is 52.6 cm³/mol. The van der Waals surface area contributed by atoms with Crippen molar-refractivity contribution in [3.63, 3.8) is 0 Å². The molecular formula is C9H17N3O2. The third-order valence-electron chi connectivity index (χ3n) is 2.40. The summed E-state index contributed by atoms with van der Waals surface area (Å²) in [6.07, 6.45) is 0. The highest BCUT2D eigenvalue weighted by molar-refractivity contribution is 6.04. The summed E-state index contributed by atoms with van der Waals surface area (Å²) in [4.78, 5) is 26.2. The second-order valence-corrected chi connectivity index (χ2v) is 3.74. The van der Waals surface area contributed by atoms with E-state index in [-0.39, 0.29) is 24.0 Å². The molecule has 0 aromatic rings. The molecule has 5 nitrogen and oxygen atoms in total. The molecule has 5 heteroatoms. The molecule has 1 aliphatic rings. The van der Waals surface area contributed by atoms with Gasteiger partial charge in [0.05, 0.1) is 0 Å². The van der Waals surface area contributed by atoms with Crippen molar-refractivity contribution in [3.8, 4) is 0 Å². The van der Waals surface area contributed by atoms with Crippen LogP contribution >= 0.6 is 0 Å². The Morgan fingerprint density at radius 2 is 2.00 bits per heavy atom. The van der Waals surface area contributed by atoms with Crippen LogP contribution in [-0.2, 0) is 4.79 Å². The summed E-state index contributed by atoms with van der Waals surface area (Å²) in [5.41, 5.74) is 5.38. The maximum absolute atomic E-state index is 11.7. The van der Waals surface area contributed by atoms with Crippen molar-refractivity contribution >= 4 is 11.9 Å². The van der Waals surface area contributed by atoms with E-state index in [9.17, 15) is 9.59 Å². The highest BCUT2D eigenvalue weighted by Crippen LogP contribution is 2.18. The van der Waals surface area contributed by atoms with Crippen molar-refractivity contribution in [2.24, 2.45) is 5.73 Å². The van der Waals surface area contributed by atoms with E-state index in [0.29, 0.717) is 13.1 Å². The van der Waals surface area contributed by atoms with Gasteiger partial charge in [0, 0.05) is 19.1 Å². The lowest BCUT2D eigenvalue weighted by molar-refractivity contribution is -0.128. The van der Waals surface area contributed by atoms with Gasteiger partial charge >= 0.3 is 6.03 Å². The number of carbonyl (C=O) groups is 2. The molecule has 3 amide bonds. The molecule has 1 atom stereocenters. The average molecular weight is 199 g/mol. The Labute approximate surface area is 83.8 Å². The van der Waals surface area contributed by atoms with Gasteiger partial charge in [-0.1, -0.05) is 0 Å². The van der Waals surface area contributed by atoms with Gasteiger partial charge in [-0.2, -0.15) is 0 Å². The molecule has 0 aromatic heterocycles. The molecule has 0 aromatic carbocycles. The average Bonchev–Trinajstić information content (AvgIpc) is 2.30. The Hall–Kier alpha value is -1.10. The van der Waals surface area contributed by atoms with Crippen molar-refractivity contribution < 1.29 is 9.59 Å². The first-order chi connectivity index (χ1) is 6.50. The monoisotopic (exact) mass is 199 g/mol. The SMILES string of the molecule is CC1C(=O)N(C(C)C)C(=O)N1CCN. The molecule has 1 fully saturated rings. The zero-order valence-corrected chi connectivity index (χ0v) is 8.86. The summed E-state index contributed by atoms with van der Waals surface area (Å²) in [5.74, 6) is -0.126. The maximum atomic E-state index is 11.7. The first-order valence-electron chi connectivity index (χ1n) is 4.84. The van der Waals surface area contributed by atoms with Crippen LogP contribution in [-0.4, -0.2) is 46.9 Å². The van der Waals surface area contributed by atoms with Crippen LogP contribution in [0.15, 0.2) is 0 Å². The van der Waals surface area contributed by atoms with Gasteiger partial charge in [0.25, 0.3) is 5.91 Å². The van der Waals surface area contributed by atoms with E-state index in [2.05, 4.69) is 0 Å². The van der Waals surface area contributed by atoms with Crippen LogP contribution in [0.25, 0.3) is 0 Å². The highest BCUT2D eigenvalue weighted by Gasteiger charge is 2.42. The largest absolute Gasteiger partial charge is 0.329 e. The minimum Gasteiger partial charge on any atom is -0.329 e. The second kappa shape index (κ2) is 3.96. The van der Waals surface area contributed by atoms with Gasteiger partial charge in [-0.05, 0) is 20.8 Å². The molecule has 0 spiro atoms. The normalized spacial score (nSPS) is 22.8. The van der Waals surface area contributed by atoms with Crippen LogP contribution < -0.4 is 5.73 Å². The fourth-order valence-corrected chi connectivity index (χ4v) is 1.64. The second-order valence-electron chi connectivity index (χ2n) is 3.74. The van der Waals surface area contributed by atoms with Gasteiger partial charge in [0.15, 0.2) is 0 Å². The van der Waals surface area contributed by atoms with Crippen LogP contribution in [0, 0.1) is 0 Å². The number of hydrogen-bond donors (Lipinski definition) is 1. The lowest BCUT2D eigenvalue weighted by Gasteiger charge is -2.19. The number of nitrogens with zero attached hydrogens (tertiary/aromatic N) is 2. The molecule has 0 bridgehead atoms. The number of carbonyl (C=O) groups excluding carboxylic acids is 2. The molecule has 0 radical (unpaired) electrons. The highest BCUT2D eigenvalue weighted by atomic mass is 16.2. The maximum Gasteiger partial charge on any atom is 0.327 e. The molecule has 2 N–H and O–H groups in total. The molecule has 80 valence electrons. The van der Waals surface area contributed by atoms with Crippen LogP contribution in [0.4, 0.5) is 4.79 Å². The fourth-order valence-electron chi connectivity index (χ4n) is 1.64. The van der Waals surface area contributed by atoms with Gasteiger partial charge in [0.2, 0.25) is 0 Å². The van der Waals surface area contributed by atoms with Crippen LogP contribution in [0.2, 0.25) is 0 Å². The summed E-state index contributed by atoms with van der Waals surface area (Å²) in [6, 6.07) is -0.670. The molecule has 14 heavy (non-hydrogen) atoms. The number of rotatable bonds is 3. The standard InChI is InChI=1S/C9H17N3O2/c1-6(2)12-8(13)7(3)11(5-4-10)9(12)14/h6-7H,4-5,10H2,1-3H3. The number of nitrogens with two attached hydrogens (primary N) is 1. The Bertz CT molecular complexity index is 252.